The number of aryl methyl sites for hydroxylation is 1. The molecule has 0 radical (unpaired) electrons. The number of benzene rings is 2. The molecule has 9 nitrogen and oxygen atoms in total. The first-order chi connectivity index (χ1) is 13.7. The van der Waals surface area contributed by atoms with Gasteiger partial charge in [-0.2, -0.15) is 0 Å². The number of anilines is 1. The highest BCUT2D eigenvalue weighted by Gasteiger charge is 2.24. The zero-order chi connectivity index (χ0) is 19.3. The summed E-state index contributed by atoms with van der Waals surface area (Å²) < 4.78 is 12.5. The van der Waals surface area contributed by atoms with Gasteiger partial charge >= 0.3 is 0 Å². The van der Waals surface area contributed by atoms with Crippen LogP contribution in [0.4, 0.5) is 5.82 Å². The summed E-state index contributed by atoms with van der Waals surface area (Å²) in [4.78, 5) is 12.8. The van der Waals surface area contributed by atoms with Crippen LogP contribution in [-0.2, 0) is 4.79 Å². The number of tetrazole rings is 1. The molecule has 0 fully saturated rings. The number of hydrogen-bond acceptors (Lipinski definition) is 7. The molecule has 4 aromatic rings. The highest BCUT2D eigenvalue weighted by atomic mass is 16.5. The van der Waals surface area contributed by atoms with Gasteiger partial charge in [-0.05, 0) is 41.6 Å². The zero-order valence-electron chi connectivity index (χ0n) is 14.9. The van der Waals surface area contributed by atoms with Crippen LogP contribution in [0.5, 0.6) is 5.75 Å². The first kappa shape index (κ1) is 17.4. The van der Waals surface area contributed by atoms with Gasteiger partial charge in [0.15, 0.2) is 5.82 Å². The average Bonchev–Trinajstić information content (AvgIpc) is 3.39. The number of amides is 1. The molecule has 4 rings (SSSR count). The van der Waals surface area contributed by atoms with Crippen LogP contribution in [0.1, 0.15) is 17.4 Å². The summed E-state index contributed by atoms with van der Waals surface area (Å²) in [5, 5.41) is 17.6. The smallest absolute Gasteiger partial charge is 0.271 e. The molecule has 1 N–H and O–H groups in total. The highest BCUT2D eigenvalue weighted by molar-refractivity contribution is 5.94. The van der Waals surface area contributed by atoms with Crippen LogP contribution in [-0.4, -0.2) is 31.3 Å². The first-order valence-electron chi connectivity index (χ1n) is 8.48. The number of aromatic nitrogens is 5. The van der Waals surface area contributed by atoms with Crippen molar-refractivity contribution >= 4 is 11.7 Å². The quantitative estimate of drug-likeness (QED) is 0.551. The second-order valence-corrected chi connectivity index (χ2v) is 5.97. The van der Waals surface area contributed by atoms with Crippen LogP contribution in [0, 0.1) is 6.92 Å². The third kappa shape index (κ3) is 3.88. The molecule has 2 aromatic carbocycles. The van der Waals surface area contributed by atoms with E-state index < -0.39 is 6.10 Å². The molecule has 0 bridgehead atoms. The van der Waals surface area contributed by atoms with Crippen molar-refractivity contribution in [2.45, 2.75) is 13.0 Å². The lowest BCUT2D eigenvalue weighted by molar-refractivity contribution is -0.123. The van der Waals surface area contributed by atoms with Gasteiger partial charge < -0.3 is 14.6 Å². The van der Waals surface area contributed by atoms with E-state index in [-0.39, 0.29) is 5.91 Å². The Bertz CT molecular complexity index is 1040. The van der Waals surface area contributed by atoms with Gasteiger partial charge in [-0.3, -0.25) is 4.79 Å². The van der Waals surface area contributed by atoms with E-state index in [1.54, 1.807) is 37.3 Å². The molecule has 0 aliphatic rings. The van der Waals surface area contributed by atoms with E-state index in [2.05, 4.69) is 26.0 Å². The molecule has 1 unspecified atom stereocenters. The summed E-state index contributed by atoms with van der Waals surface area (Å²) in [5.74, 6) is 1.10. The van der Waals surface area contributed by atoms with Gasteiger partial charge in [-0.1, -0.05) is 35.5 Å². The normalized spacial score (nSPS) is 11.8. The predicted octanol–water partition coefficient (Wildman–Crippen LogP) is 2.72. The third-order valence-electron chi connectivity index (χ3n) is 3.92. The Balaban J connectivity index is 1.56. The fourth-order valence-electron chi connectivity index (χ4n) is 2.61. The lowest BCUT2D eigenvalue weighted by atomic mass is 10.1. The maximum Gasteiger partial charge on any atom is 0.271 e. The lowest BCUT2D eigenvalue weighted by Crippen LogP contribution is -2.25. The van der Waals surface area contributed by atoms with Crippen LogP contribution in [0.15, 0.2) is 71.5 Å². The molecule has 1 amide bonds. The lowest BCUT2D eigenvalue weighted by Gasteiger charge is -2.18. The van der Waals surface area contributed by atoms with Crippen molar-refractivity contribution in [1.82, 2.24) is 25.4 Å². The second-order valence-electron chi connectivity index (χ2n) is 5.97. The molecular formula is C19H16N6O3. The van der Waals surface area contributed by atoms with Gasteiger partial charge in [0.2, 0.25) is 6.10 Å². The summed E-state index contributed by atoms with van der Waals surface area (Å²) in [7, 11) is 0. The monoisotopic (exact) mass is 376 g/mol. The first-order valence-corrected chi connectivity index (χ1v) is 8.48. The van der Waals surface area contributed by atoms with Crippen molar-refractivity contribution in [2.24, 2.45) is 0 Å². The van der Waals surface area contributed by atoms with E-state index >= 15 is 0 Å². The molecular weight excluding hydrogens is 360 g/mol. The molecule has 1 atom stereocenters. The van der Waals surface area contributed by atoms with Gasteiger partial charge in [0.1, 0.15) is 17.8 Å². The minimum Gasteiger partial charge on any atom is -0.476 e. The summed E-state index contributed by atoms with van der Waals surface area (Å²) in [6.07, 6.45) is 0.632. The molecule has 0 saturated heterocycles. The fraction of sp³-hybridized carbons (Fsp3) is 0.105. The van der Waals surface area contributed by atoms with Gasteiger partial charge in [0.05, 0.1) is 5.69 Å². The average molecular weight is 376 g/mol. The summed E-state index contributed by atoms with van der Waals surface area (Å²) in [5.41, 5.74) is 1.49. The van der Waals surface area contributed by atoms with E-state index in [1.165, 1.54) is 11.0 Å². The fourth-order valence-corrected chi connectivity index (χ4v) is 2.61. The van der Waals surface area contributed by atoms with Crippen LogP contribution >= 0.6 is 0 Å². The Kier molecular flexibility index (Phi) is 4.79. The van der Waals surface area contributed by atoms with E-state index in [4.69, 9.17) is 9.26 Å². The predicted molar refractivity (Wildman–Crippen MR) is 98.8 cm³/mol. The number of hydrogen-bond donors (Lipinski definition) is 1. The number of rotatable bonds is 6. The topological polar surface area (TPSA) is 108 Å². The number of ether oxygens (including phenoxy) is 1. The Hall–Kier alpha value is -4.01. The summed E-state index contributed by atoms with van der Waals surface area (Å²) in [6, 6.07) is 18.0. The number of carbonyl (C=O) groups is 1. The molecule has 0 aliphatic carbocycles. The molecule has 0 spiro atoms. The Labute approximate surface area is 159 Å². The maximum absolute atomic E-state index is 12.8. The van der Waals surface area contributed by atoms with E-state index in [0.717, 1.165) is 5.69 Å². The van der Waals surface area contributed by atoms with Gasteiger partial charge in [-0.15, -0.1) is 5.10 Å². The summed E-state index contributed by atoms with van der Waals surface area (Å²) >= 11 is 0. The van der Waals surface area contributed by atoms with Crippen LogP contribution in [0.25, 0.3) is 5.69 Å². The number of nitrogens with one attached hydrogen (secondary N) is 1. The second kappa shape index (κ2) is 7.70. The standard InChI is InChI=1S/C19H16N6O3/c1-13-11-17(22-28-13)21-19(26)18(14-5-3-2-4-6-14)27-16-9-7-15(8-10-16)25-12-20-23-24-25/h2-12,18H,1H3,(H,21,22,26). The van der Waals surface area contributed by atoms with E-state index in [0.29, 0.717) is 22.9 Å². The van der Waals surface area contributed by atoms with Crippen molar-refractivity contribution in [2.75, 3.05) is 5.32 Å². The van der Waals surface area contributed by atoms with Crippen molar-refractivity contribution in [3.05, 3.63) is 78.3 Å². The third-order valence-corrected chi connectivity index (χ3v) is 3.92. The molecule has 0 aliphatic heterocycles. The van der Waals surface area contributed by atoms with Gasteiger partial charge in [0, 0.05) is 11.6 Å². The largest absolute Gasteiger partial charge is 0.476 e. The van der Waals surface area contributed by atoms with Gasteiger partial charge in [0.25, 0.3) is 5.91 Å². The SMILES string of the molecule is Cc1cc(NC(=O)C(Oc2ccc(-n3cnnn3)cc2)c2ccccc2)no1. The molecule has 0 saturated carbocycles. The molecule has 140 valence electrons. The Morgan fingerprint density at radius 3 is 2.57 bits per heavy atom. The van der Waals surface area contributed by atoms with Crippen molar-refractivity contribution in [1.29, 1.82) is 0 Å². The summed E-state index contributed by atoms with van der Waals surface area (Å²) in [6.45, 7) is 1.75. The van der Waals surface area contributed by atoms with Crippen molar-refractivity contribution in [3.63, 3.8) is 0 Å². The van der Waals surface area contributed by atoms with E-state index in [1.807, 2.05) is 30.3 Å². The molecule has 9 heteroatoms. The molecule has 28 heavy (non-hydrogen) atoms. The van der Waals surface area contributed by atoms with Crippen LogP contribution in [0.2, 0.25) is 0 Å². The highest BCUT2D eigenvalue weighted by Crippen LogP contribution is 2.24. The number of nitrogens with zero attached hydrogens (tertiary/aromatic N) is 5. The maximum atomic E-state index is 12.8. The van der Waals surface area contributed by atoms with Crippen molar-refractivity contribution in [3.8, 4) is 11.4 Å². The van der Waals surface area contributed by atoms with Crippen molar-refractivity contribution < 1.29 is 14.1 Å². The minimum atomic E-state index is -0.864. The number of carbonyl (C=O) groups excluding carboxylic acids is 1. The molecule has 2 aromatic heterocycles. The van der Waals surface area contributed by atoms with Crippen LogP contribution < -0.4 is 10.1 Å². The van der Waals surface area contributed by atoms with Crippen LogP contribution in [0.3, 0.4) is 0 Å². The Morgan fingerprint density at radius 2 is 1.93 bits per heavy atom. The molecule has 2 heterocycles. The van der Waals surface area contributed by atoms with Gasteiger partial charge in [-0.25, -0.2) is 4.68 Å². The van der Waals surface area contributed by atoms with E-state index in [9.17, 15) is 4.79 Å². The Morgan fingerprint density at radius 1 is 1.14 bits per heavy atom. The zero-order valence-corrected chi connectivity index (χ0v) is 14.9. The minimum absolute atomic E-state index is 0.334.